The summed E-state index contributed by atoms with van der Waals surface area (Å²) in [5.74, 6) is -2.48. The van der Waals surface area contributed by atoms with Crippen LogP contribution in [-0.2, 0) is 16.0 Å². The molecule has 0 aromatic heterocycles. The maximum atomic E-state index is 13.9. The highest BCUT2D eigenvalue weighted by Gasteiger charge is 2.48. The van der Waals surface area contributed by atoms with E-state index in [1.807, 2.05) is 0 Å². The number of halogens is 4. The summed E-state index contributed by atoms with van der Waals surface area (Å²) in [7, 11) is -3.21. The number of fused-ring (bicyclic) bond motifs is 2. The lowest BCUT2D eigenvalue weighted by molar-refractivity contribution is -0.137. The second-order valence-electron chi connectivity index (χ2n) is 6.14. The normalized spacial score (nSPS) is 29.5. The van der Waals surface area contributed by atoms with E-state index in [2.05, 4.69) is 0 Å². The molecule has 0 spiro atoms. The first kappa shape index (κ1) is 16.4. The molecule has 0 aliphatic carbocycles. The molecule has 2 aliphatic heterocycles. The zero-order valence-electron chi connectivity index (χ0n) is 11.9. The van der Waals surface area contributed by atoms with E-state index in [1.165, 1.54) is 0 Å². The van der Waals surface area contributed by atoms with Crippen molar-refractivity contribution < 1.29 is 30.8 Å². The second-order valence-corrected chi connectivity index (χ2v) is 8.65. The molecule has 3 rings (SSSR count). The predicted octanol–water partition coefficient (Wildman–Crippen LogP) is 3.38. The first-order valence-corrected chi connectivity index (χ1v) is 8.85. The average Bonchev–Trinajstić information content (AvgIpc) is 2.65. The van der Waals surface area contributed by atoms with Crippen molar-refractivity contribution in [2.24, 2.45) is 5.92 Å². The van der Waals surface area contributed by atoms with E-state index >= 15 is 0 Å². The zero-order valence-corrected chi connectivity index (χ0v) is 12.8. The van der Waals surface area contributed by atoms with Gasteiger partial charge in [0.25, 0.3) is 0 Å². The minimum Gasteiger partial charge on any atom is -0.294 e. The highest BCUT2D eigenvalue weighted by Crippen LogP contribution is 2.42. The number of hydrogen-bond donors (Lipinski definition) is 0. The molecule has 2 fully saturated rings. The second kappa shape index (κ2) is 5.29. The van der Waals surface area contributed by atoms with Crippen LogP contribution in [0.15, 0.2) is 18.2 Å². The molecule has 2 saturated heterocycles. The Balaban J connectivity index is 1.85. The molecule has 2 heterocycles. The van der Waals surface area contributed by atoms with Crippen LogP contribution in [0.1, 0.15) is 41.6 Å². The molecule has 0 radical (unpaired) electrons. The molecule has 2 atom stereocenters. The molecule has 126 valence electrons. The Morgan fingerprint density at radius 3 is 2.13 bits per heavy atom. The molecule has 2 unspecified atom stereocenters. The van der Waals surface area contributed by atoms with Gasteiger partial charge in [-0.05, 0) is 43.9 Å². The van der Waals surface area contributed by atoms with Gasteiger partial charge in [0, 0.05) is 5.92 Å². The number of alkyl halides is 3. The Kier molecular flexibility index (Phi) is 3.78. The van der Waals surface area contributed by atoms with Crippen LogP contribution in [0.3, 0.4) is 0 Å². The summed E-state index contributed by atoms with van der Waals surface area (Å²) >= 11 is 0. The fourth-order valence-corrected chi connectivity index (χ4v) is 6.01. The number of ketones is 1. The molecular formula is C15H14F4O3S. The van der Waals surface area contributed by atoms with Gasteiger partial charge in [-0.3, -0.25) is 4.79 Å². The molecule has 0 saturated carbocycles. The number of rotatable bonds is 2. The maximum absolute atomic E-state index is 13.9. The van der Waals surface area contributed by atoms with Gasteiger partial charge in [0.15, 0.2) is 15.6 Å². The predicted molar refractivity (Wildman–Crippen MR) is 74.2 cm³/mol. The van der Waals surface area contributed by atoms with Crippen molar-refractivity contribution in [3.8, 4) is 0 Å². The van der Waals surface area contributed by atoms with E-state index in [0.717, 1.165) is 6.07 Å². The standard InChI is InChI=1S/C15H14F4O3S/c16-13-7-9(15(17,18)19)1-4-12(13)14(20)8-5-10-2-3-11(6-8)23(10,21)22/h1,4,7-8,10-11H,2-3,5-6H2. The molecule has 2 aliphatic rings. The van der Waals surface area contributed by atoms with Crippen molar-refractivity contribution in [2.75, 3.05) is 0 Å². The Labute approximate surface area is 130 Å². The van der Waals surface area contributed by atoms with Crippen molar-refractivity contribution in [2.45, 2.75) is 42.4 Å². The molecule has 0 N–H and O–H groups in total. The average molecular weight is 350 g/mol. The summed E-state index contributed by atoms with van der Waals surface area (Å²) < 4.78 is 75.5. The smallest absolute Gasteiger partial charge is 0.294 e. The van der Waals surface area contributed by atoms with Gasteiger partial charge in [-0.1, -0.05) is 0 Å². The van der Waals surface area contributed by atoms with E-state index in [-0.39, 0.29) is 12.8 Å². The SMILES string of the molecule is O=C(c1ccc(C(F)(F)F)cc1F)C1CC2CCC(C1)S2(=O)=O. The number of carbonyl (C=O) groups excluding carboxylic acids is 1. The quantitative estimate of drug-likeness (QED) is 0.607. The fourth-order valence-electron chi connectivity index (χ4n) is 3.53. The highest BCUT2D eigenvalue weighted by molar-refractivity contribution is 7.93. The number of hydrogen-bond acceptors (Lipinski definition) is 3. The van der Waals surface area contributed by atoms with Crippen LogP contribution in [0, 0.1) is 11.7 Å². The third-order valence-electron chi connectivity index (χ3n) is 4.77. The third kappa shape index (κ3) is 2.77. The molecule has 1 aromatic carbocycles. The Morgan fingerprint density at radius 2 is 1.65 bits per heavy atom. The molecule has 2 bridgehead atoms. The van der Waals surface area contributed by atoms with Crippen LogP contribution in [0.5, 0.6) is 0 Å². The summed E-state index contributed by atoms with van der Waals surface area (Å²) in [4.78, 5) is 12.4. The van der Waals surface area contributed by atoms with Crippen molar-refractivity contribution in [1.29, 1.82) is 0 Å². The Morgan fingerprint density at radius 1 is 1.09 bits per heavy atom. The fraction of sp³-hybridized carbons (Fsp3) is 0.533. The van der Waals surface area contributed by atoms with Crippen molar-refractivity contribution >= 4 is 15.6 Å². The van der Waals surface area contributed by atoms with E-state index in [9.17, 15) is 30.8 Å². The number of Topliss-reactive ketones (excluding diaryl/α,β-unsaturated/α-hetero) is 1. The van der Waals surface area contributed by atoms with Gasteiger partial charge in [-0.15, -0.1) is 0 Å². The van der Waals surface area contributed by atoms with Crippen LogP contribution in [-0.4, -0.2) is 24.7 Å². The van der Waals surface area contributed by atoms with Crippen molar-refractivity contribution in [3.05, 3.63) is 35.1 Å². The van der Waals surface area contributed by atoms with Crippen LogP contribution in [0.25, 0.3) is 0 Å². The number of carbonyl (C=O) groups is 1. The summed E-state index contributed by atoms with van der Waals surface area (Å²) in [6.45, 7) is 0. The zero-order chi connectivity index (χ0) is 17.0. The van der Waals surface area contributed by atoms with Gasteiger partial charge >= 0.3 is 6.18 Å². The Hall–Kier alpha value is -1.44. The van der Waals surface area contributed by atoms with Gasteiger partial charge in [0.05, 0.1) is 21.6 Å². The lowest BCUT2D eigenvalue weighted by Gasteiger charge is -2.27. The van der Waals surface area contributed by atoms with E-state index in [0.29, 0.717) is 25.0 Å². The van der Waals surface area contributed by atoms with E-state index in [4.69, 9.17) is 0 Å². The minimum absolute atomic E-state index is 0.123. The highest BCUT2D eigenvalue weighted by atomic mass is 32.2. The van der Waals surface area contributed by atoms with E-state index in [1.54, 1.807) is 0 Å². The summed E-state index contributed by atoms with van der Waals surface area (Å²) in [6, 6.07) is 1.82. The first-order valence-electron chi connectivity index (χ1n) is 7.24. The molecule has 0 amide bonds. The van der Waals surface area contributed by atoms with Crippen LogP contribution >= 0.6 is 0 Å². The van der Waals surface area contributed by atoms with Crippen molar-refractivity contribution in [1.82, 2.24) is 0 Å². The lowest BCUT2D eigenvalue weighted by Crippen LogP contribution is -2.36. The minimum atomic E-state index is -4.68. The summed E-state index contributed by atoms with van der Waals surface area (Å²) in [5.41, 5.74) is -1.56. The monoisotopic (exact) mass is 350 g/mol. The first-order chi connectivity index (χ1) is 10.6. The Bertz CT molecular complexity index is 734. The lowest BCUT2D eigenvalue weighted by atomic mass is 9.90. The van der Waals surface area contributed by atoms with E-state index < -0.39 is 55.2 Å². The maximum Gasteiger partial charge on any atom is 0.416 e. The van der Waals surface area contributed by atoms with Crippen molar-refractivity contribution in [3.63, 3.8) is 0 Å². The molecule has 23 heavy (non-hydrogen) atoms. The molecule has 8 heteroatoms. The van der Waals surface area contributed by atoms with Gasteiger partial charge in [0.2, 0.25) is 0 Å². The number of sulfone groups is 1. The summed E-state index contributed by atoms with van der Waals surface area (Å²) in [6.07, 6.45) is -3.45. The molecule has 3 nitrogen and oxygen atoms in total. The van der Waals surface area contributed by atoms with Crippen LogP contribution in [0.2, 0.25) is 0 Å². The topological polar surface area (TPSA) is 51.2 Å². The molecular weight excluding hydrogens is 336 g/mol. The van der Waals surface area contributed by atoms with Crippen LogP contribution in [0.4, 0.5) is 17.6 Å². The summed E-state index contributed by atoms with van der Waals surface area (Å²) in [5, 5.41) is -1.18. The largest absolute Gasteiger partial charge is 0.416 e. The van der Waals surface area contributed by atoms with Gasteiger partial charge in [-0.25, -0.2) is 12.8 Å². The molecule has 1 aromatic rings. The number of benzene rings is 1. The van der Waals surface area contributed by atoms with Gasteiger partial charge < -0.3 is 0 Å². The van der Waals surface area contributed by atoms with Gasteiger partial charge in [-0.2, -0.15) is 13.2 Å². The third-order valence-corrected chi connectivity index (χ3v) is 7.48. The van der Waals surface area contributed by atoms with Gasteiger partial charge in [0.1, 0.15) is 5.82 Å². The van der Waals surface area contributed by atoms with Crippen LogP contribution < -0.4 is 0 Å².